The van der Waals surface area contributed by atoms with Gasteiger partial charge in [-0.05, 0) is 50.1 Å². The summed E-state index contributed by atoms with van der Waals surface area (Å²) >= 11 is 0. The Morgan fingerprint density at radius 2 is 1.92 bits per heavy atom. The van der Waals surface area contributed by atoms with E-state index >= 15 is 0 Å². The van der Waals surface area contributed by atoms with Gasteiger partial charge in [0, 0.05) is 17.5 Å². The molecular weight excluding hydrogens is 310 g/mol. The number of allylic oxidation sites excluding steroid dienone is 3. The first kappa shape index (κ1) is 17.1. The molecule has 0 bridgehead atoms. The maximum absolute atomic E-state index is 13.0. The summed E-state index contributed by atoms with van der Waals surface area (Å²) in [6.07, 6.45) is 10.9. The number of ketones is 1. The summed E-state index contributed by atoms with van der Waals surface area (Å²) in [5.41, 5.74) is 1.91. The van der Waals surface area contributed by atoms with E-state index in [0.29, 0.717) is 5.57 Å². The number of benzene rings is 1. The van der Waals surface area contributed by atoms with Crippen molar-refractivity contribution in [2.45, 2.75) is 38.6 Å². The van der Waals surface area contributed by atoms with E-state index in [1.807, 2.05) is 55.6 Å². The molecule has 3 heteroatoms. The van der Waals surface area contributed by atoms with Crippen molar-refractivity contribution in [2.75, 3.05) is 7.11 Å². The average Bonchev–Trinajstić information content (AvgIpc) is 2.86. The molecule has 0 spiro atoms. The third-order valence-electron chi connectivity index (χ3n) is 4.72. The minimum atomic E-state index is -0.637. The second-order valence-electron chi connectivity index (χ2n) is 6.45. The fourth-order valence-corrected chi connectivity index (χ4v) is 3.20. The number of carbonyl (C=O) groups is 1. The van der Waals surface area contributed by atoms with Crippen LogP contribution in [0.4, 0.5) is 0 Å². The number of rotatable bonds is 4. The second-order valence-corrected chi connectivity index (χ2v) is 6.45. The predicted octanol–water partition coefficient (Wildman–Crippen LogP) is 4.22. The lowest BCUT2D eigenvalue weighted by molar-refractivity contribution is -0.119. The highest BCUT2D eigenvalue weighted by atomic mass is 16.5. The molecule has 0 aromatic heterocycles. The Labute approximate surface area is 149 Å². The molecule has 2 heterocycles. The van der Waals surface area contributed by atoms with Crippen molar-refractivity contribution in [3.8, 4) is 17.6 Å². The summed E-state index contributed by atoms with van der Waals surface area (Å²) in [7, 11) is 1.64. The SMILES string of the molecule is CCCCC1=C(C#Cc2ccc(OC)cc2)C(=O)C2(C)C=CC=CN12. The lowest BCUT2D eigenvalue weighted by Gasteiger charge is -2.34. The predicted molar refractivity (Wildman–Crippen MR) is 100.0 cm³/mol. The maximum Gasteiger partial charge on any atom is 0.202 e. The van der Waals surface area contributed by atoms with Crippen LogP contribution in [0.1, 0.15) is 38.7 Å². The number of fused-ring (bicyclic) bond motifs is 1. The van der Waals surface area contributed by atoms with Crippen LogP contribution in [0.2, 0.25) is 0 Å². The first-order valence-electron chi connectivity index (χ1n) is 8.69. The highest BCUT2D eigenvalue weighted by Crippen LogP contribution is 2.39. The Hall–Kier alpha value is -2.73. The van der Waals surface area contributed by atoms with Gasteiger partial charge in [0.25, 0.3) is 0 Å². The van der Waals surface area contributed by atoms with Crippen LogP contribution in [0.25, 0.3) is 0 Å². The van der Waals surface area contributed by atoms with Crippen LogP contribution in [0.15, 0.2) is 60.0 Å². The minimum Gasteiger partial charge on any atom is -0.497 e. The number of nitrogens with zero attached hydrogens (tertiary/aromatic N) is 1. The Morgan fingerprint density at radius 1 is 1.16 bits per heavy atom. The maximum atomic E-state index is 13.0. The Morgan fingerprint density at radius 3 is 2.60 bits per heavy atom. The molecule has 0 aliphatic carbocycles. The topological polar surface area (TPSA) is 29.5 Å². The smallest absolute Gasteiger partial charge is 0.202 e. The van der Waals surface area contributed by atoms with E-state index in [-0.39, 0.29) is 5.78 Å². The molecule has 0 saturated heterocycles. The van der Waals surface area contributed by atoms with E-state index in [2.05, 4.69) is 23.7 Å². The van der Waals surface area contributed by atoms with Crippen molar-refractivity contribution >= 4 is 5.78 Å². The lowest BCUT2D eigenvalue weighted by atomic mass is 9.92. The highest BCUT2D eigenvalue weighted by Gasteiger charge is 2.46. The molecule has 1 aromatic rings. The monoisotopic (exact) mass is 333 g/mol. The van der Waals surface area contributed by atoms with Gasteiger partial charge in [-0.25, -0.2) is 0 Å². The van der Waals surface area contributed by atoms with E-state index in [1.54, 1.807) is 7.11 Å². The number of hydrogen-bond donors (Lipinski definition) is 0. The fraction of sp³-hybridized carbons (Fsp3) is 0.318. The molecule has 0 fully saturated rings. The molecule has 0 radical (unpaired) electrons. The Bertz CT molecular complexity index is 818. The molecule has 0 N–H and O–H groups in total. The lowest BCUT2D eigenvalue weighted by Crippen LogP contribution is -2.43. The molecule has 1 unspecified atom stereocenters. The normalized spacial score (nSPS) is 21.2. The van der Waals surface area contributed by atoms with Gasteiger partial charge in [-0.1, -0.05) is 37.3 Å². The van der Waals surface area contributed by atoms with Gasteiger partial charge in [-0.15, -0.1) is 0 Å². The third kappa shape index (κ3) is 3.13. The van der Waals surface area contributed by atoms with E-state index in [1.165, 1.54) is 0 Å². The van der Waals surface area contributed by atoms with E-state index in [0.717, 1.165) is 36.3 Å². The third-order valence-corrected chi connectivity index (χ3v) is 4.72. The summed E-state index contributed by atoms with van der Waals surface area (Å²) in [5, 5.41) is 0. The van der Waals surface area contributed by atoms with Gasteiger partial charge in [-0.2, -0.15) is 0 Å². The summed E-state index contributed by atoms with van der Waals surface area (Å²) in [5.74, 6) is 7.18. The summed E-state index contributed by atoms with van der Waals surface area (Å²) < 4.78 is 5.17. The van der Waals surface area contributed by atoms with Crippen molar-refractivity contribution in [2.24, 2.45) is 0 Å². The summed E-state index contributed by atoms with van der Waals surface area (Å²) in [6, 6.07) is 7.57. The first-order valence-corrected chi connectivity index (χ1v) is 8.69. The van der Waals surface area contributed by atoms with Crippen LogP contribution >= 0.6 is 0 Å². The number of ether oxygens (including phenoxy) is 1. The Balaban J connectivity index is 1.98. The minimum absolute atomic E-state index is 0.0835. The van der Waals surface area contributed by atoms with Gasteiger partial charge in [-0.3, -0.25) is 4.79 Å². The number of hydrogen-bond acceptors (Lipinski definition) is 3. The first-order chi connectivity index (χ1) is 12.1. The van der Waals surface area contributed by atoms with Gasteiger partial charge in [0.1, 0.15) is 11.3 Å². The van der Waals surface area contributed by atoms with E-state index in [4.69, 9.17) is 4.74 Å². The number of methoxy groups -OCH3 is 1. The number of Topliss-reactive ketones (excluding diaryl/α,β-unsaturated/α-hetero) is 1. The van der Waals surface area contributed by atoms with Crippen LogP contribution < -0.4 is 4.74 Å². The average molecular weight is 333 g/mol. The molecule has 128 valence electrons. The zero-order valence-electron chi connectivity index (χ0n) is 15.0. The molecule has 0 saturated carbocycles. The molecule has 2 aliphatic heterocycles. The van der Waals surface area contributed by atoms with E-state index < -0.39 is 5.54 Å². The van der Waals surface area contributed by atoms with Gasteiger partial charge in [0.15, 0.2) is 0 Å². The van der Waals surface area contributed by atoms with Gasteiger partial charge < -0.3 is 9.64 Å². The zero-order valence-corrected chi connectivity index (χ0v) is 15.0. The molecule has 0 amide bonds. The second kappa shape index (κ2) is 7.03. The van der Waals surface area contributed by atoms with Gasteiger partial charge in [0.05, 0.1) is 12.7 Å². The van der Waals surface area contributed by atoms with Crippen molar-refractivity contribution in [1.82, 2.24) is 4.90 Å². The molecule has 3 nitrogen and oxygen atoms in total. The number of unbranched alkanes of at least 4 members (excludes halogenated alkanes) is 1. The summed E-state index contributed by atoms with van der Waals surface area (Å²) in [4.78, 5) is 15.1. The van der Waals surface area contributed by atoms with Crippen LogP contribution in [-0.4, -0.2) is 23.3 Å². The van der Waals surface area contributed by atoms with E-state index in [9.17, 15) is 4.79 Å². The van der Waals surface area contributed by atoms with Gasteiger partial charge >= 0.3 is 0 Å². The molecule has 25 heavy (non-hydrogen) atoms. The van der Waals surface area contributed by atoms with Crippen LogP contribution in [0.5, 0.6) is 5.75 Å². The largest absolute Gasteiger partial charge is 0.497 e. The van der Waals surface area contributed by atoms with Crippen molar-refractivity contribution in [3.05, 3.63) is 65.5 Å². The molecule has 1 atom stereocenters. The molecule has 2 aliphatic rings. The standard InChI is InChI=1S/C22H23NO2/c1-4-5-8-20-19(14-11-17-9-12-18(25-3)13-10-17)21(24)22(2)15-6-7-16-23(20)22/h6-7,9-10,12-13,15-16H,4-5,8H2,1-3H3. The van der Waals surface area contributed by atoms with Crippen LogP contribution in [0, 0.1) is 11.8 Å². The Kier molecular flexibility index (Phi) is 4.81. The molecule has 3 rings (SSSR count). The quantitative estimate of drug-likeness (QED) is 0.773. The van der Waals surface area contributed by atoms with Crippen molar-refractivity contribution in [1.29, 1.82) is 0 Å². The highest BCUT2D eigenvalue weighted by molar-refractivity contribution is 6.10. The molecular formula is C22H23NO2. The fourth-order valence-electron chi connectivity index (χ4n) is 3.20. The summed E-state index contributed by atoms with van der Waals surface area (Å²) in [6.45, 7) is 4.12. The van der Waals surface area contributed by atoms with Crippen LogP contribution in [-0.2, 0) is 4.79 Å². The molecule has 1 aromatic carbocycles. The van der Waals surface area contributed by atoms with Crippen molar-refractivity contribution < 1.29 is 9.53 Å². The number of carbonyl (C=O) groups excluding carboxylic acids is 1. The van der Waals surface area contributed by atoms with Gasteiger partial charge in [0.2, 0.25) is 5.78 Å². The van der Waals surface area contributed by atoms with Crippen molar-refractivity contribution in [3.63, 3.8) is 0 Å². The van der Waals surface area contributed by atoms with Crippen LogP contribution in [0.3, 0.4) is 0 Å². The zero-order chi connectivity index (χ0) is 17.9.